The first kappa shape index (κ1) is 20.1. The van der Waals surface area contributed by atoms with Crippen LogP contribution in [0.2, 0.25) is 0 Å². The second-order valence-corrected chi connectivity index (χ2v) is 8.38. The Bertz CT molecular complexity index is 843. The number of carbonyl (C=O) groups excluding carboxylic acids is 2. The highest BCUT2D eigenvalue weighted by Crippen LogP contribution is 2.28. The lowest BCUT2D eigenvalue weighted by Crippen LogP contribution is -2.53. The zero-order valence-corrected chi connectivity index (χ0v) is 17.3. The Labute approximate surface area is 168 Å². The average Bonchev–Trinajstić information content (AvgIpc) is 2.71. The molecule has 4 heteroatoms. The summed E-state index contributed by atoms with van der Waals surface area (Å²) in [6, 6.07) is 18.2. The van der Waals surface area contributed by atoms with Crippen LogP contribution >= 0.6 is 0 Å². The standard InChI is InChI=1S/C24H30N2O2/c1-18(2)26(16-19-10-6-5-7-11-19)23(28)24(3,4)22(27)25-15-14-20-12-8-9-13-21(20)17-25/h5-13,18H,14-17H2,1-4H3. The molecule has 1 aliphatic heterocycles. The molecule has 2 aromatic carbocycles. The zero-order valence-electron chi connectivity index (χ0n) is 17.3. The molecular formula is C24H30N2O2. The smallest absolute Gasteiger partial charge is 0.238 e. The molecule has 0 radical (unpaired) electrons. The summed E-state index contributed by atoms with van der Waals surface area (Å²) in [6.07, 6.45) is 0.837. The van der Waals surface area contributed by atoms with Gasteiger partial charge in [0.1, 0.15) is 5.41 Å². The zero-order chi connectivity index (χ0) is 20.3. The second-order valence-electron chi connectivity index (χ2n) is 8.38. The largest absolute Gasteiger partial charge is 0.337 e. The molecule has 0 saturated heterocycles. The molecule has 0 saturated carbocycles. The van der Waals surface area contributed by atoms with Crippen LogP contribution in [0.4, 0.5) is 0 Å². The molecule has 0 N–H and O–H groups in total. The Hall–Kier alpha value is -2.62. The molecule has 0 spiro atoms. The molecule has 4 nitrogen and oxygen atoms in total. The summed E-state index contributed by atoms with van der Waals surface area (Å²) < 4.78 is 0. The van der Waals surface area contributed by atoms with E-state index >= 15 is 0 Å². The molecule has 1 aliphatic rings. The Balaban J connectivity index is 1.77. The summed E-state index contributed by atoms with van der Waals surface area (Å²) >= 11 is 0. The van der Waals surface area contributed by atoms with Crippen molar-refractivity contribution in [1.82, 2.24) is 9.80 Å². The van der Waals surface area contributed by atoms with E-state index in [0.29, 0.717) is 19.6 Å². The number of hydrogen-bond acceptors (Lipinski definition) is 2. The van der Waals surface area contributed by atoms with Crippen LogP contribution in [-0.4, -0.2) is 34.2 Å². The van der Waals surface area contributed by atoms with E-state index in [-0.39, 0.29) is 17.9 Å². The van der Waals surface area contributed by atoms with E-state index in [2.05, 4.69) is 12.1 Å². The van der Waals surface area contributed by atoms with Crippen molar-refractivity contribution >= 4 is 11.8 Å². The van der Waals surface area contributed by atoms with Gasteiger partial charge in [0, 0.05) is 25.7 Å². The fraction of sp³-hybridized carbons (Fsp3) is 0.417. The van der Waals surface area contributed by atoms with Gasteiger partial charge in [0.15, 0.2) is 0 Å². The molecule has 3 rings (SSSR count). The van der Waals surface area contributed by atoms with Crippen LogP contribution in [0.5, 0.6) is 0 Å². The molecule has 0 fully saturated rings. The molecular weight excluding hydrogens is 348 g/mol. The minimum Gasteiger partial charge on any atom is -0.337 e. The third-order valence-corrected chi connectivity index (χ3v) is 5.57. The van der Waals surface area contributed by atoms with Crippen molar-refractivity contribution < 1.29 is 9.59 Å². The van der Waals surface area contributed by atoms with Gasteiger partial charge in [0.25, 0.3) is 0 Å². The van der Waals surface area contributed by atoms with Crippen molar-refractivity contribution in [2.75, 3.05) is 6.54 Å². The van der Waals surface area contributed by atoms with E-state index < -0.39 is 5.41 Å². The van der Waals surface area contributed by atoms with Crippen LogP contribution in [0.25, 0.3) is 0 Å². The number of hydrogen-bond donors (Lipinski definition) is 0. The summed E-state index contributed by atoms with van der Waals surface area (Å²) in [4.78, 5) is 30.4. The maximum absolute atomic E-state index is 13.4. The molecule has 1 heterocycles. The van der Waals surface area contributed by atoms with Crippen molar-refractivity contribution in [2.24, 2.45) is 5.41 Å². The van der Waals surface area contributed by atoms with Gasteiger partial charge in [-0.3, -0.25) is 9.59 Å². The topological polar surface area (TPSA) is 40.6 Å². The summed E-state index contributed by atoms with van der Waals surface area (Å²) in [5.41, 5.74) is 2.45. The molecule has 0 aliphatic carbocycles. The van der Waals surface area contributed by atoms with Crippen molar-refractivity contribution in [3.8, 4) is 0 Å². The maximum Gasteiger partial charge on any atom is 0.238 e. The monoisotopic (exact) mass is 378 g/mol. The number of amides is 2. The van der Waals surface area contributed by atoms with Crippen LogP contribution in [-0.2, 0) is 29.1 Å². The summed E-state index contributed by atoms with van der Waals surface area (Å²) in [7, 11) is 0. The second kappa shape index (κ2) is 8.17. The highest BCUT2D eigenvalue weighted by molar-refractivity contribution is 6.04. The van der Waals surface area contributed by atoms with Gasteiger partial charge < -0.3 is 9.80 Å². The van der Waals surface area contributed by atoms with Gasteiger partial charge in [-0.15, -0.1) is 0 Å². The first-order valence-corrected chi connectivity index (χ1v) is 10.0. The van der Waals surface area contributed by atoms with E-state index in [1.807, 2.05) is 66.1 Å². The normalized spacial score (nSPS) is 14.0. The van der Waals surface area contributed by atoms with Crippen LogP contribution < -0.4 is 0 Å². The van der Waals surface area contributed by atoms with E-state index in [4.69, 9.17) is 0 Å². The van der Waals surface area contributed by atoms with Crippen molar-refractivity contribution in [3.05, 3.63) is 71.3 Å². The van der Waals surface area contributed by atoms with Gasteiger partial charge in [0.05, 0.1) is 0 Å². The van der Waals surface area contributed by atoms with Crippen molar-refractivity contribution in [1.29, 1.82) is 0 Å². The molecule has 0 aromatic heterocycles. The predicted octanol–water partition coefficient (Wildman–Crippen LogP) is 4.03. The molecule has 2 aromatic rings. The van der Waals surface area contributed by atoms with E-state index in [0.717, 1.165) is 12.0 Å². The first-order valence-electron chi connectivity index (χ1n) is 10.0. The SMILES string of the molecule is CC(C)N(Cc1ccccc1)C(=O)C(C)(C)C(=O)N1CCc2ccccc2C1. The molecule has 0 bridgehead atoms. The number of fused-ring (bicyclic) bond motifs is 1. The van der Waals surface area contributed by atoms with Crippen molar-refractivity contribution in [3.63, 3.8) is 0 Å². The minimum atomic E-state index is -1.09. The van der Waals surface area contributed by atoms with E-state index in [1.165, 1.54) is 11.1 Å². The quantitative estimate of drug-likeness (QED) is 0.737. The van der Waals surface area contributed by atoms with E-state index in [9.17, 15) is 9.59 Å². The Morgan fingerprint density at radius 3 is 2.25 bits per heavy atom. The van der Waals surface area contributed by atoms with Crippen LogP contribution in [0.15, 0.2) is 54.6 Å². The molecule has 2 amide bonds. The van der Waals surface area contributed by atoms with E-state index in [1.54, 1.807) is 13.8 Å². The van der Waals surface area contributed by atoms with Crippen molar-refractivity contribution in [2.45, 2.75) is 53.2 Å². The molecule has 28 heavy (non-hydrogen) atoms. The van der Waals surface area contributed by atoms with Crippen LogP contribution in [0.3, 0.4) is 0 Å². The molecule has 0 atom stereocenters. The first-order chi connectivity index (χ1) is 13.3. The lowest BCUT2D eigenvalue weighted by Gasteiger charge is -2.38. The third kappa shape index (κ3) is 4.11. The Kier molecular flexibility index (Phi) is 5.87. The highest BCUT2D eigenvalue weighted by Gasteiger charge is 2.43. The lowest BCUT2D eigenvalue weighted by atomic mass is 9.87. The number of carbonyl (C=O) groups is 2. The maximum atomic E-state index is 13.4. The van der Waals surface area contributed by atoms with Gasteiger partial charge in [-0.05, 0) is 50.8 Å². The Morgan fingerprint density at radius 1 is 1.00 bits per heavy atom. The minimum absolute atomic E-state index is 0.0156. The highest BCUT2D eigenvalue weighted by atomic mass is 16.2. The summed E-state index contributed by atoms with van der Waals surface area (Å²) in [5, 5.41) is 0. The van der Waals surface area contributed by atoms with Gasteiger partial charge in [-0.25, -0.2) is 0 Å². The number of benzene rings is 2. The number of rotatable bonds is 5. The fourth-order valence-electron chi connectivity index (χ4n) is 3.78. The lowest BCUT2D eigenvalue weighted by molar-refractivity contribution is -0.156. The molecule has 0 unspecified atom stereocenters. The van der Waals surface area contributed by atoms with Gasteiger partial charge in [-0.1, -0.05) is 54.6 Å². The van der Waals surface area contributed by atoms with Crippen LogP contribution in [0.1, 0.15) is 44.4 Å². The predicted molar refractivity (Wildman–Crippen MR) is 111 cm³/mol. The van der Waals surface area contributed by atoms with Gasteiger partial charge in [-0.2, -0.15) is 0 Å². The van der Waals surface area contributed by atoms with Gasteiger partial charge in [0.2, 0.25) is 11.8 Å². The summed E-state index contributed by atoms with van der Waals surface area (Å²) in [5.74, 6) is -0.207. The summed E-state index contributed by atoms with van der Waals surface area (Å²) in [6.45, 7) is 9.27. The average molecular weight is 379 g/mol. The Morgan fingerprint density at radius 2 is 1.61 bits per heavy atom. The van der Waals surface area contributed by atoms with Gasteiger partial charge >= 0.3 is 0 Å². The number of nitrogens with zero attached hydrogens (tertiary/aromatic N) is 2. The molecule has 148 valence electrons. The fourth-order valence-corrected chi connectivity index (χ4v) is 3.78. The van der Waals surface area contributed by atoms with Crippen LogP contribution in [0, 0.1) is 5.41 Å². The third-order valence-electron chi connectivity index (χ3n) is 5.57.